The number of nitrogens with zero attached hydrogens (tertiary/aromatic N) is 3. The predicted molar refractivity (Wildman–Crippen MR) is 125 cm³/mol. The van der Waals surface area contributed by atoms with Crippen molar-refractivity contribution in [1.82, 2.24) is 14.8 Å². The fourth-order valence-electron chi connectivity index (χ4n) is 3.21. The molecular formula is C24H24N4O2S. The van der Waals surface area contributed by atoms with Crippen LogP contribution in [-0.2, 0) is 18.4 Å². The van der Waals surface area contributed by atoms with Gasteiger partial charge in [-0.1, -0.05) is 54.2 Å². The molecule has 7 heteroatoms. The number of aryl methyl sites for hydroxylation is 1. The summed E-state index contributed by atoms with van der Waals surface area (Å²) in [5, 5.41) is 14.3. The molecule has 1 amide bonds. The monoisotopic (exact) mass is 432 g/mol. The van der Waals surface area contributed by atoms with Gasteiger partial charge in [0.1, 0.15) is 12.4 Å². The van der Waals surface area contributed by atoms with Crippen molar-refractivity contribution in [1.29, 1.82) is 0 Å². The third kappa shape index (κ3) is 4.88. The number of ether oxygens (including phenoxy) is 1. The minimum atomic E-state index is -0.0866. The number of fused-ring (bicyclic) bond motifs is 1. The summed E-state index contributed by atoms with van der Waals surface area (Å²) in [4.78, 5) is 12.4. The van der Waals surface area contributed by atoms with E-state index in [9.17, 15) is 4.79 Å². The zero-order chi connectivity index (χ0) is 21.8. The van der Waals surface area contributed by atoms with Crippen LogP contribution in [0.2, 0.25) is 0 Å². The average Bonchev–Trinajstić information content (AvgIpc) is 3.12. The Bertz CT molecular complexity index is 1240. The van der Waals surface area contributed by atoms with E-state index in [0.29, 0.717) is 17.6 Å². The smallest absolute Gasteiger partial charge is 0.234 e. The van der Waals surface area contributed by atoms with Gasteiger partial charge in [-0.15, -0.1) is 10.2 Å². The number of carbonyl (C=O) groups excluding carboxylic acids is 1. The van der Waals surface area contributed by atoms with Crippen LogP contribution in [0.25, 0.3) is 10.8 Å². The summed E-state index contributed by atoms with van der Waals surface area (Å²) >= 11 is 1.35. The maximum Gasteiger partial charge on any atom is 0.234 e. The van der Waals surface area contributed by atoms with Crippen molar-refractivity contribution in [3.05, 3.63) is 77.6 Å². The normalized spacial score (nSPS) is 10.9. The lowest BCUT2D eigenvalue weighted by Crippen LogP contribution is -2.14. The van der Waals surface area contributed by atoms with Crippen LogP contribution in [0.5, 0.6) is 5.75 Å². The van der Waals surface area contributed by atoms with Crippen LogP contribution in [-0.4, -0.2) is 26.4 Å². The first-order chi connectivity index (χ1) is 15.0. The number of hydrogen-bond acceptors (Lipinski definition) is 5. The summed E-state index contributed by atoms with van der Waals surface area (Å²) in [5.74, 6) is 1.71. The van der Waals surface area contributed by atoms with E-state index < -0.39 is 0 Å². The Labute approximate surface area is 185 Å². The zero-order valence-corrected chi connectivity index (χ0v) is 18.6. The van der Waals surface area contributed by atoms with Crippen molar-refractivity contribution in [2.45, 2.75) is 25.6 Å². The Morgan fingerprint density at radius 2 is 1.84 bits per heavy atom. The number of benzene rings is 3. The van der Waals surface area contributed by atoms with E-state index in [4.69, 9.17) is 4.74 Å². The molecule has 0 aliphatic carbocycles. The number of aromatic nitrogens is 3. The highest BCUT2D eigenvalue weighted by Gasteiger charge is 2.13. The number of rotatable bonds is 7. The number of amides is 1. The van der Waals surface area contributed by atoms with Gasteiger partial charge < -0.3 is 14.6 Å². The molecule has 0 unspecified atom stereocenters. The first-order valence-electron chi connectivity index (χ1n) is 10.00. The lowest BCUT2D eigenvalue weighted by atomic mass is 10.1. The van der Waals surface area contributed by atoms with Gasteiger partial charge in [0.15, 0.2) is 11.0 Å². The minimum absolute atomic E-state index is 0.0866. The highest BCUT2D eigenvalue weighted by Crippen LogP contribution is 2.23. The summed E-state index contributed by atoms with van der Waals surface area (Å²) in [6.45, 7) is 4.41. The average molecular weight is 433 g/mol. The van der Waals surface area contributed by atoms with E-state index in [-0.39, 0.29) is 11.7 Å². The first kappa shape index (κ1) is 20.9. The fraction of sp³-hybridized carbons (Fsp3) is 0.208. The van der Waals surface area contributed by atoms with Gasteiger partial charge in [0.2, 0.25) is 5.91 Å². The summed E-state index contributed by atoms with van der Waals surface area (Å²) in [6, 6.07) is 19.9. The van der Waals surface area contributed by atoms with Crippen LogP contribution in [0.3, 0.4) is 0 Å². The minimum Gasteiger partial charge on any atom is -0.485 e. The Morgan fingerprint density at radius 3 is 2.68 bits per heavy atom. The third-order valence-electron chi connectivity index (χ3n) is 5.20. The van der Waals surface area contributed by atoms with Crippen molar-refractivity contribution < 1.29 is 9.53 Å². The molecule has 0 saturated carbocycles. The second-order valence-corrected chi connectivity index (χ2v) is 8.29. The molecule has 4 rings (SSSR count). The van der Waals surface area contributed by atoms with Crippen molar-refractivity contribution in [3.8, 4) is 5.75 Å². The standard InChI is InChI=1S/C24H24N4O2S/c1-16-7-6-10-21(17(16)2)30-14-22-26-27-24(28(22)3)31-15-23(29)25-20-12-11-18-8-4-5-9-19(18)13-20/h4-13H,14-15H2,1-3H3,(H,25,29). The van der Waals surface area contributed by atoms with Crippen molar-refractivity contribution in [3.63, 3.8) is 0 Å². The van der Waals surface area contributed by atoms with Crippen molar-refractivity contribution in [2.24, 2.45) is 7.05 Å². The van der Waals surface area contributed by atoms with E-state index in [2.05, 4.69) is 28.5 Å². The van der Waals surface area contributed by atoms with Gasteiger partial charge in [-0.05, 0) is 53.9 Å². The summed E-state index contributed by atoms with van der Waals surface area (Å²) in [5.41, 5.74) is 3.08. The lowest BCUT2D eigenvalue weighted by molar-refractivity contribution is -0.113. The van der Waals surface area contributed by atoms with Crippen LogP contribution in [0.15, 0.2) is 65.8 Å². The Morgan fingerprint density at radius 1 is 1.03 bits per heavy atom. The highest BCUT2D eigenvalue weighted by molar-refractivity contribution is 7.99. The van der Waals surface area contributed by atoms with Crippen LogP contribution >= 0.6 is 11.8 Å². The molecule has 0 radical (unpaired) electrons. The predicted octanol–water partition coefficient (Wildman–Crippen LogP) is 4.89. The topological polar surface area (TPSA) is 69.0 Å². The van der Waals surface area contributed by atoms with E-state index in [1.165, 1.54) is 17.3 Å². The molecule has 0 aliphatic rings. The maximum absolute atomic E-state index is 12.4. The number of thioether (sulfide) groups is 1. The molecule has 1 N–H and O–H groups in total. The van der Waals surface area contributed by atoms with Gasteiger partial charge in [0, 0.05) is 12.7 Å². The van der Waals surface area contributed by atoms with Crippen LogP contribution in [0.1, 0.15) is 17.0 Å². The number of anilines is 1. The van der Waals surface area contributed by atoms with E-state index >= 15 is 0 Å². The molecule has 0 spiro atoms. The van der Waals surface area contributed by atoms with Gasteiger partial charge in [-0.3, -0.25) is 4.79 Å². The zero-order valence-electron chi connectivity index (χ0n) is 17.8. The van der Waals surface area contributed by atoms with Crippen molar-refractivity contribution in [2.75, 3.05) is 11.1 Å². The lowest BCUT2D eigenvalue weighted by Gasteiger charge is -2.10. The summed E-state index contributed by atoms with van der Waals surface area (Å²) in [7, 11) is 1.88. The highest BCUT2D eigenvalue weighted by atomic mass is 32.2. The molecule has 31 heavy (non-hydrogen) atoms. The molecule has 0 fully saturated rings. The molecule has 1 aromatic heterocycles. The molecular weight excluding hydrogens is 408 g/mol. The van der Waals surface area contributed by atoms with Gasteiger partial charge in [0.05, 0.1) is 5.75 Å². The van der Waals surface area contributed by atoms with E-state index in [0.717, 1.165) is 27.8 Å². The second kappa shape index (κ2) is 9.22. The molecule has 0 saturated heterocycles. The maximum atomic E-state index is 12.4. The summed E-state index contributed by atoms with van der Waals surface area (Å²) < 4.78 is 7.79. The van der Waals surface area contributed by atoms with Gasteiger partial charge in [0.25, 0.3) is 0 Å². The van der Waals surface area contributed by atoms with Crippen LogP contribution in [0.4, 0.5) is 5.69 Å². The van der Waals surface area contributed by atoms with E-state index in [1.807, 2.05) is 73.1 Å². The molecule has 4 aromatic rings. The quantitative estimate of drug-likeness (QED) is 0.421. The Hall–Kier alpha value is -3.32. The molecule has 0 atom stereocenters. The molecule has 158 valence electrons. The molecule has 6 nitrogen and oxygen atoms in total. The van der Waals surface area contributed by atoms with Gasteiger partial charge >= 0.3 is 0 Å². The van der Waals surface area contributed by atoms with E-state index in [1.54, 1.807) is 0 Å². The SMILES string of the molecule is Cc1cccc(OCc2nnc(SCC(=O)Nc3ccc4ccccc4c3)n2C)c1C. The van der Waals surface area contributed by atoms with Gasteiger partial charge in [-0.25, -0.2) is 0 Å². The number of nitrogens with one attached hydrogen (secondary N) is 1. The molecule has 3 aromatic carbocycles. The fourth-order valence-corrected chi connectivity index (χ4v) is 3.94. The van der Waals surface area contributed by atoms with Crippen LogP contribution in [0, 0.1) is 13.8 Å². The second-order valence-electron chi connectivity index (χ2n) is 7.34. The Balaban J connectivity index is 1.33. The number of hydrogen-bond donors (Lipinski definition) is 1. The third-order valence-corrected chi connectivity index (χ3v) is 6.22. The molecule has 0 aliphatic heterocycles. The van der Waals surface area contributed by atoms with Crippen molar-refractivity contribution >= 4 is 34.1 Å². The molecule has 0 bridgehead atoms. The van der Waals surface area contributed by atoms with Crippen LogP contribution < -0.4 is 10.1 Å². The first-order valence-corrected chi connectivity index (χ1v) is 11.0. The van der Waals surface area contributed by atoms with Gasteiger partial charge in [-0.2, -0.15) is 0 Å². The Kier molecular flexibility index (Phi) is 6.23. The number of carbonyl (C=O) groups is 1. The summed E-state index contributed by atoms with van der Waals surface area (Å²) in [6.07, 6.45) is 0. The largest absolute Gasteiger partial charge is 0.485 e. The molecule has 1 heterocycles.